The number of carbonyl (C=O) groups is 1. The van der Waals surface area contributed by atoms with E-state index < -0.39 is 0 Å². The van der Waals surface area contributed by atoms with Crippen LogP contribution >= 0.6 is 11.6 Å². The normalized spacial score (nSPS) is 14.7. The Morgan fingerprint density at radius 3 is 2.65 bits per heavy atom. The van der Waals surface area contributed by atoms with Gasteiger partial charge in [0.2, 0.25) is 0 Å². The molecule has 1 heterocycles. The van der Waals surface area contributed by atoms with Crippen LogP contribution in [0, 0.1) is 6.92 Å². The molecule has 0 aliphatic heterocycles. The summed E-state index contributed by atoms with van der Waals surface area (Å²) in [4.78, 5) is 12.3. The van der Waals surface area contributed by atoms with E-state index in [0.717, 1.165) is 18.4 Å². The molecule has 1 aliphatic carbocycles. The minimum atomic E-state index is -0.296. The SMILES string of the molecule is Cc1ccc(Cl)cc1NC(=O)c1ccc(NC2CCCC2)nn1. The molecule has 0 bridgehead atoms. The van der Waals surface area contributed by atoms with Gasteiger partial charge in [0.1, 0.15) is 5.82 Å². The number of hydrogen-bond acceptors (Lipinski definition) is 4. The summed E-state index contributed by atoms with van der Waals surface area (Å²) >= 11 is 5.96. The van der Waals surface area contributed by atoms with E-state index in [1.807, 2.05) is 13.0 Å². The van der Waals surface area contributed by atoms with Crippen molar-refractivity contribution in [3.63, 3.8) is 0 Å². The maximum Gasteiger partial charge on any atom is 0.276 e. The van der Waals surface area contributed by atoms with Crippen LogP contribution in [0.1, 0.15) is 41.7 Å². The Bertz CT molecular complexity index is 696. The molecule has 0 atom stereocenters. The summed E-state index contributed by atoms with van der Waals surface area (Å²) in [5.41, 5.74) is 1.90. The first-order valence-corrected chi connectivity index (χ1v) is 8.17. The highest BCUT2D eigenvalue weighted by Crippen LogP contribution is 2.22. The van der Waals surface area contributed by atoms with Crippen LogP contribution in [0.3, 0.4) is 0 Å². The van der Waals surface area contributed by atoms with Gasteiger partial charge in [0.15, 0.2) is 5.69 Å². The largest absolute Gasteiger partial charge is 0.366 e. The van der Waals surface area contributed by atoms with E-state index in [-0.39, 0.29) is 11.6 Å². The second-order valence-electron chi connectivity index (χ2n) is 5.84. The third kappa shape index (κ3) is 3.99. The summed E-state index contributed by atoms with van der Waals surface area (Å²) in [5, 5.41) is 14.8. The van der Waals surface area contributed by atoms with Crippen molar-refractivity contribution in [1.82, 2.24) is 10.2 Å². The van der Waals surface area contributed by atoms with Crippen LogP contribution in [0.15, 0.2) is 30.3 Å². The number of hydrogen-bond donors (Lipinski definition) is 2. The molecule has 3 rings (SSSR count). The first-order chi connectivity index (χ1) is 11.1. The quantitative estimate of drug-likeness (QED) is 0.887. The zero-order valence-corrected chi connectivity index (χ0v) is 13.7. The van der Waals surface area contributed by atoms with Crippen LogP contribution in [-0.2, 0) is 0 Å². The van der Waals surface area contributed by atoms with Crippen LogP contribution in [0.4, 0.5) is 11.5 Å². The Morgan fingerprint density at radius 1 is 1.17 bits per heavy atom. The van der Waals surface area contributed by atoms with Gasteiger partial charge in [-0.25, -0.2) is 0 Å². The number of rotatable bonds is 4. The fourth-order valence-electron chi connectivity index (χ4n) is 2.72. The molecule has 1 aliphatic rings. The molecule has 23 heavy (non-hydrogen) atoms. The molecule has 0 spiro atoms. The second kappa shape index (κ2) is 6.96. The summed E-state index contributed by atoms with van der Waals surface area (Å²) in [6, 6.07) is 9.31. The fraction of sp³-hybridized carbons (Fsp3) is 0.353. The van der Waals surface area contributed by atoms with Gasteiger partial charge in [-0.1, -0.05) is 30.5 Å². The lowest BCUT2D eigenvalue weighted by atomic mass is 10.2. The molecule has 120 valence electrons. The van der Waals surface area contributed by atoms with Crippen LogP contribution in [0.5, 0.6) is 0 Å². The summed E-state index contributed by atoms with van der Waals surface area (Å²) in [6.45, 7) is 1.91. The van der Waals surface area contributed by atoms with E-state index in [4.69, 9.17) is 11.6 Å². The summed E-state index contributed by atoms with van der Waals surface area (Å²) in [6.07, 6.45) is 4.84. The Hall–Kier alpha value is -2.14. The van der Waals surface area contributed by atoms with Gasteiger partial charge in [0.05, 0.1) is 0 Å². The Kier molecular flexibility index (Phi) is 4.76. The molecule has 2 aromatic rings. The van der Waals surface area contributed by atoms with Gasteiger partial charge in [-0.15, -0.1) is 10.2 Å². The molecule has 0 unspecified atom stereocenters. The number of aryl methyl sites for hydroxylation is 1. The Morgan fingerprint density at radius 2 is 1.96 bits per heavy atom. The highest BCUT2D eigenvalue weighted by atomic mass is 35.5. The van der Waals surface area contributed by atoms with Crippen molar-refractivity contribution in [1.29, 1.82) is 0 Å². The number of halogens is 1. The first kappa shape index (κ1) is 15.7. The molecular formula is C17H19ClN4O. The number of benzene rings is 1. The molecule has 2 N–H and O–H groups in total. The van der Waals surface area contributed by atoms with Crippen LogP contribution < -0.4 is 10.6 Å². The summed E-state index contributed by atoms with van der Waals surface area (Å²) in [5.74, 6) is 0.419. The standard InChI is InChI=1S/C17H19ClN4O/c1-11-6-7-12(18)10-15(11)20-17(23)14-8-9-16(22-21-14)19-13-4-2-3-5-13/h6-10,13H,2-5H2,1H3,(H,19,22)(H,20,23). The number of nitrogens with zero attached hydrogens (tertiary/aromatic N) is 2. The highest BCUT2D eigenvalue weighted by Gasteiger charge is 2.16. The van der Waals surface area contributed by atoms with Crippen LogP contribution in [-0.4, -0.2) is 22.1 Å². The topological polar surface area (TPSA) is 66.9 Å². The minimum absolute atomic E-state index is 0.279. The molecule has 1 saturated carbocycles. The average Bonchev–Trinajstić information content (AvgIpc) is 3.04. The zero-order valence-electron chi connectivity index (χ0n) is 13.0. The molecule has 0 saturated heterocycles. The molecule has 1 amide bonds. The molecular weight excluding hydrogens is 312 g/mol. The van der Waals surface area contributed by atoms with Crippen molar-refractivity contribution in [2.45, 2.75) is 38.6 Å². The van der Waals surface area contributed by atoms with E-state index in [1.54, 1.807) is 24.3 Å². The maximum atomic E-state index is 12.3. The molecule has 1 aromatic heterocycles. The van der Waals surface area contributed by atoms with Crippen molar-refractivity contribution in [3.8, 4) is 0 Å². The smallest absolute Gasteiger partial charge is 0.276 e. The monoisotopic (exact) mass is 330 g/mol. The lowest BCUT2D eigenvalue weighted by Gasteiger charge is -2.12. The van der Waals surface area contributed by atoms with Gasteiger partial charge < -0.3 is 10.6 Å². The van der Waals surface area contributed by atoms with E-state index in [0.29, 0.717) is 22.6 Å². The molecule has 1 fully saturated rings. The number of carbonyl (C=O) groups excluding carboxylic acids is 1. The van der Waals surface area contributed by atoms with E-state index in [9.17, 15) is 4.79 Å². The third-order valence-corrected chi connectivity index (χ3v) is 4.29. The lowest BCUT2D eigenvalue weighted by Crippen LogP contribution is -2.18. The van der Waals surface area contributed by atoms with Gasteiger partial charge in [-0.3, -0.25) is 4.79 Å². The Labute approximate surface area is 140 Å². The summed E-state index contributed by atoms with van der Waals surface area (Å²) < 4.78 is 0. The number of aromatic nitrogens is 2. The predicted molar refractivity (Wildman–Crippen MR) is 92.1 cm³/mol. The van der Waals surface area contributed by atoms with E-state index >= 15 is 0 Å². The van der Waals surface area contributed by atoms with Gasteiger partial charge >= 0.3 is 0 Å². The molecule has 6 heteroatoms. The molecule has 1 aromatic carbocycles. The molecule has 0 radical (unpaired) electrons. The highest BCUT2D eigenvalue weighted by molar-refractivity contribution is 6.31. The van der Waals surface area contributed by atoms with E-state index in [1.165, 1.54) is 12.8 Å². The van der Waals surface area contributed by atoms with Crippen LogP contribution in [0.25, 0.3) is 0 Å². The van der Waals surface area contributed by atoms with Crippen molar-refractivity contribution >= 4 is 29.0 Å². The maximum absolute atomic E-state index is 12.3. The van der Waals surface area contributed by atoms with Crippen molar-refractivity contribution < 1.29 is 4.79 Å². The number of nitrogens with one attached hydrogen (secondary N) is 2. The number of amides is 1. The van der Waals surface area contributed by atoms with Gasteiger partial charge in [0.25, 0.3) is 5.91 Å². The zero-order chi connectivity index (χ0) is 16.2. The molecule has 5 nitrogen and oxygen atoms in total. The van der Waals surface area contributed by atoms with Crippen molar-refractivity contribution in [2.75, 3.05) is 10.6 Å². The van der Waals surface area contributed by atoms with Gasteiger partial charge in [-0.05, 0) is 49.6 Å². The van der Waals surface area contributed by atoms with E-state index in [2.05, 4.69) is 20.8 Å². The third-order valence-electron chi connectivity index (χ3n) is 4.05. The minimum Gasteiger partial charge on any atom is -0.366 e. The van der Waals surface area contributed by atoms with Crippen molar-refractivity contribution in [3.05, 3.63) is 46.6 Å². The van der Waals surface area contributed by atoms with Crippen LogP contribution in [0.2, 0.25) is 5.02 Å². The Balaban J connectivity index is 1.66. The summed E-state index contributed by atoms with van der Waals surface area (Å²) in [7, 11) is 0. The van der Waals surface area contributed by atoms with Gasteiger partial charge in [-0.2, -0.15) is 0 Å². The van der Waals surface area contributed by atoms with Crippen molar-refractivity contribution in [2.24, 2.45) is 0 Å². The first-order valence-electron chi connectivity index (χ1n) is 7.79. The lowest BCUT2D eigenvalue weighted by molar-refractivity contribution is 0.102. The average molecular weight is 331 g/mol. The predicted octanol–water partition coefficient (Wildman–Crippen LogP) is 4.05. The second-order valence-corrected chi connectivity index (χ2v) is 6.28. The number of anilines is 2. The fourth-order valence-corrected chi connectivity index (χ4v) is 2.90. The van der Waals surface area contributed by atoms with Gasteiger partial charge in [0, 0.05) is 16.8 Å².